The van der Waals surface area contributed by atoms with Crippen LogP contribution in [0, 0.1) is 24.0 Å². The minimum absolute atomic E-state index is 0.0270. The molecule has 108 valence electrons. The van der Waals surface area contributed by atoms with E-state index in [4.69, 9.17) is 0 Å². The SMILES string of the molecule is Cc1ccc(Br)c(NC(=O)c2ccc([N+](=O)[O-])cc2C)c1. The van der Waals surface area contributed by atoms with Crippen LogP contribution in [0.15, 0.2) is 40.9 Å². The lowest BCUT2D eigenvalue weighted by molar-refractivity contribution is -0.384. The van der Waals surface area contributed by atoms with Crippen molar-refractivity contribution in [2.75, 3.05) is 5.32 Å². The molecule has 2 aromatic carbocycles. The molecule has 1 amide bonds. The fourth-order valence-corrected chi connectivity index (χ4v) is 2.29. The van der Waals surface area contributed by atoms with Crippen molar-refractivity contribution in [3.8, 4) is 0 Å². The summed E-state index contributed by atoms with van der Waals surface area (Å²) >= 11 is 3.38. The lowest BCUT2D eigenvalue weighted by atomic mass is 10.1. The summed E-state index contributed by atoms with van der Waals surface area (Å²) in [5.41, 5.74) is 2.63. The minimum Gasteiger partial charge on any atom is -0.321 e. The quantitative estimate of drug-likeness (QED) is 0.666. The molecule has 2 aromatic rings. The number of non-ortho nitro benzene ring substituents is 1. The zero-order chi connectivity index (χ0) is 15.6. The van der Waals surface area contributed by atoms with Crippen molar-refractivity contribution in [3.05, 3.63) is 67.7 Å². The Labute approximate surface area is 130 Å². The number of hydrogen-bond acceptors (Lipinski definition) is 3. The molecular formula is C15H13BrN2O3. The van der Waals surface area contributed by atoms with Gasteiger partial charge < -0.3 is 5.32 Å². The zero-order valence-corrected chi connectivity index (χ0v) is 13.1. The van der Waals surface area contributed by atoms with Crippen molar-refractivity contribution in [1.29, 1.82) is 0 Å². The van der Waals surface area contributed by atoms with E-state index in [1.54, 1.807) is 6.92 Å². The molecule has 21 heavy (non-hydrogen) atoms. The van der Waals surface area contributed by atoms with E-state index in [1.165, 1.54) is 18.2 Å². The summed E-state index contributed by atoms with van der Waals surface area (Å²) < 4.78 is 0.779. The number of nitro benzene ring substituents is 1. The van der Waals surface area contributed by atoms with Gasteiger partial charge in [0.15, 0.2) is 0 Å². The van der Waals surface area contributed by atoms with Gasteiger partial charge in [-0.25, -0.2) is 0 Å². The first-order valence-corrected chi connectivity index (χ1v) is 7.00. The van der Waals surface area contributed by atoms with E-state index < -0.39 is 4.92 Å². The van der Waals surface area contributed by atoms with E-state index in [0.29, 0.717) is 16.8 Å². The van der Waals surface area contributed by atoms with Crippen molar-refractivity contribution in [3.63, 3.8) is 0 Å². The number of amides is 1. The molecule has 0 aromatic heterocycles. The van der Waals surface area contributed by atoms with Crippen LogP contribution in [0.2, 0.25) is 0 Å². The molecule has 0 saturated heterocycles. The number of rotatable bonds is 3. The zero-order valence-electron chi connectivity index (χ0n) is 11.5. The van der Waals surface area contributed by atoms with Crippen molar-refractivity contribution < 1.29 is 9.72 Å². The molecule has 0 radical (unpaired) electrons. The summed E-state index contributed by atoms with van der Waals surface area (Å²) in [4.78, 5) is 22.5. The summed E-state index contributed by atoms with van der Waals surface area (Å²) in [7, 11) is 0. The fourth-order valence-electron chi connectivity index (χ4n) is 1.94. The van der Waals surface area contributed by atoms with Crippen LogP contribution >= 0.6 is 15.9 Å². The van der Waals surface area contributed by atoms with E-state index in [9.17, 15) is 14.9 Å². The molecule has 2 rings (SSSR count). The molecule has 0 aliphatic heterocycles. The van der Waals surface area contributed by atoms with Crippen molar-refractivity contribution >= 4 is 33.2 Å². The van der Waals surface area contributed by atoms with Gasteiger partial charge in [-0.15, -0.1) is 0 Å². The Bertz CT molecular complexity index is 729. The Morgan fingerprint density at radius 2 is 1.90 bits per heavy atom. The van der Waals surface area contributed by atoms with Gasteiger partial charge in [0.25, 0.3) is 11.6 Å². The van der Waals surface area contributed by atoms with Crippen molar-refractivity contribution in [1.82, 2.24) is 0 Å². The first-order chi connectivity index (χ1) is 9.88. The van der Waals surface area contributed by atoms with Gasteiger partial charge in [-0.2, -0.15) is 0 Å². The Hall–Kier alpha value is -2.21. The number of benzene rings is 2. The first kappa shape index (κ1) is 15.2. The number of carbonyl (C=O) groups is 1. The van der Waals surface area contributed by atoms with Gasteiger partial charge in [0.2, 0.25) is 0 Å². The van der Waals surface area contributed by atoms with E-state index >= 15 is 0 Å². The molecule has 0 aliphatic carbocycles. The van der Waals surface area contributed by atoms with Gasteiger partial charge in [-0.05, 0) is 59.1 Å². The molecule has 0 saturated carbocycles. The lowest BCUT2D eigenvalue weighted by Gasteiger charge is -2.10. The second kappa shape index (κ2) is 6.05. The summed E-state index contributed by atoms with van der Waals surface area (Å²) in [5.74, 6) is -0.298. The molecule has 0 fully saturated rings. The number of nitrogens with one attached hydrogen (secondary N) is 1. The molecule has 6 heteroatoms. The summed E-state index contributed by atoms with van der Waals surface area (Å²) in [5, 5.41) is 13.5. The number of nitro groups is 1. The molecule has 0 spiro atoms. The predicted octanol–water partition coefficient (Wildman–Crippen LogP) is 4.23. The van der Waals surface area contributed by atoms with Gasteiger partial charge in [-0.1, -0.05) is 6.07 Å². The van der Waals surface area contributed by atoms with Crippen LogP contribution in [-0.4, -0.2) is 10.8 Å². The second-order valence-corrected chi connectivity index (χ2v) is 5.55. The summed E-state index contributed by atoms with van der Waals surface area (Å²) in [6.07, 6.45) is 0. The van der Waals surface area contributed by atoms with Gasteiger partial charge in [-0.3, -0.25) is 14.9 Å². The van der Waals surface area contributed by atoms with Gasteiger partial charge >= 0.3 is 0 Å². The second-order valence-electron chi connectivity index (χ2n) is 4.69. The Morgan fingerprint density at radius 1 is 1.19 bits per heavy atom. The number of aryl methyl sites for hydroxylation is 2. The molecule has 0 unspecified atom stereocenters. The monoisotopic (exact) mass is 348 g/mol. The van der Waals surface area contributed by atoms with E-state index in [1.807, 2.05) is 25.1 Å². The van der Waals surface area contributed by atoms with E-state index in [0.717, 1.165) is 10.0 Å². The van der Waals surface area contributed by atoms with Crippen LogP contribution in [0.25, 0.3) is 0 Å². The maximum atomic E-state index is 12.3. The topological polar surface area (TPSA) is 72.2 Å². The third kappa shape index (κ3) is 3.46. The predicted molar refractivity (Wildman–Crippen MR) is 84.7 cm³/mol. The molecular weight excluding hydrogens is 336 g/mol. The normalized spacial score (nSPS) is 10.2. The smallest absolute Gasteiger partial charge is 0.269 e. The highest BCUT2D eigenvalue weighted by atomic mass is 79.9. The van der Waals surface area contributed by atoms with Crippen LogP contribution in [-0.2, 0) is 0 Å². The number of hydrogen-bond donors (Lipinski definition) is 1. The Morgan fingerprint density at radius 3 is 2.52 bits per heavy atom. The lowest BCUT2D eigenvalue weighted by Crippen LogP contribution is -2.14. The maximum Gasteiger partial charge on any atom is 0.269 e. The Balaban J connectivity index is 2.28. The average molecular weight is 349 g/mol. The Kier molecular flexibility index (Phi) is 4.37. The minimum atomic E-state index is -0.480. The third-order valence-corrected chi connectivity index (χ3v) is 3.73. The highest BCUT2D eigenvalue weighted by molar-refractivity contribution is 9.10. The van der Waals surface area contributed by atoms with Crippen LogP contribution in [0.5, 0.6) is 0 Å². The van der Waals surface area contributed by atoms with Crippen molar-refractivity contribution in [2.24, 2.45) is 0 Å². The molecule has 0 atom stereocenters. The van der Waals surface area contributed by atoms with Gasteiger partial charge in [0.05, 0.1) is 10.6 Å². The highest BCUT2D eigenvalue weighted by Gasteiger charge is 2.14. The van der Waals surface area contributed by atoms with E-state index in [2.05, 4.69) is 21.2 Å². The summed E-state index contributed by atoms with van der Waals surface area (Å²) in [6, 6.07) is 9.81. The molecule has 5 nitrogen and oxygen atoms in total. The number of carbonyl (C=O) groups excluding carboxylic acids is 1. The standard InChI is InChI=1S/C15H13BrN2O3/c1-9-3-6-13(16)14(7-9)17-15(19)12-5-4-11(18(20)21)8-10(12)2/h3-8H,1-2H3,(H,17,19). The molecule has 0 bridgehead atoms. The molecule has 1 N–H and O–H groups in total. The number of nitrogens with zero attached hydrogens (tertiary/aromatic N) is 1. The number of anilines is 1. The maximum absolute atomic E-state index is 12.3. The van der Waals surface area contributed by atoms with Gasteiger partial charge in [0, 0.05) is 22.2 Å². The number of halogens is 1. The molecule has 0 aliphatic rings. The van der Waals surface area contributed by atoms with Crippen LogP contribution in [0.1, 0.15) is 21.5 Å². The molecule has 0 heterocycles. The highest BCUT2D eigenvalue weighted by Crippen LogP contribution is 2.25. The first-order valence-electron chi connectivity index (χ1n) is 6.21. The van der Waals surface area contributed by atoms with Gasteiger partial charge in [0.1, 0.15) is 0 Å². The third-order valence-electron chi connectivity index (χ3n) is 3.04. The van der Waals surface area contributed by atoms with Crippen LogP contribution in [0.3, 0.4) is 0 Å². The van der Waals surface area contributed by atoms with Crippen molar-refractivity contribution in [2.45, 2.75) is 13.8 Å². The van der Waals surface area contributed by atoms with Crippen LogP contribution in [0.4, 0.5) is 11.4 Å². The van der Waals surface area contributed by atoms with Crippen LogP contribution < -0.4 is 5.32 Å². The summed E-state index contributed by atoms with van der Waals surface area (Å²) in [6.45, 7) is 3.60. The largest absolute Gasteiger partial charge is 0.321 e. The fraction of sp³-hybridized carbons (Fsp3) is 0.133. The average Bonchev–Trinajstić information content (AvgIpc) is 2.42. The van der Waals surface area contributed by atoms with E-state index in [-0.39, 0.29) is 11.6 Å².